The van der Waals surface area contributed by atoms with Crippen LogP contribution in [0.3, 0.4) is 0 Å². The molecule has 0 fully saturated rings. The standard InChI is InChI=1S/C48H68O2Si/c1-3-5-7-9-11-13-15-17-19-27-41-51(42-28-20-18-16-14-12-10-8-6-4-2,47-37-33-45(34-38-47)49-43-29-23-21-24-30-43)48-39-35-46(36-40-48)50-44-31-25-22-26-32-44/h21-26,29-40H,3-20,27-28,41-42H2,1-2H3. The zero-order valence-electron chi connectivity index (χ0n) is 32.3. The van der Waals surface area contributed by atoms with Crippen molar-refractivity contribution < 1.29 is 9.47 Å². The summed E-state index contributed by atoms with van der Waals surface area (Å²) in [5, 5.41) is 3.10. The molecule has 4 rings (SSSR count). The molecule has 0 aromatic heterocycles. The predicted molar refractivity (Wildman–Crippen MR) is 224 cm³/mol. The Bertz CT molecular complexity index is 1290. The quantitative estimate of drug-likeness (QED) is 0.0433. The normalized spacial score (nSPS) is 11.5. The predicted octanol–water partition coefficient (Wildman–Crippen LogP) is 14.7. The number of rotatable bonds is 28. The van der Waals surface area contributed by atoms with Crippen molar-refractivity contribution in [1.82, 2.24) is 0 Å². The van der Waals surface area contributed by atoms with Gasteiger partial charge in [-0.3, -0.25) is 0 Å². The maximum absolute atomic E-state index is 6.26. The third kappa shape index (κ3) is 15.1. The Kier molecular flexibility index (Phi) is 19.7. The zero-order valence-corrected chi connectivity index (χ0v) is 33.3. The van der Waals surface area contributed by atoms with Crippen LogP contribution in [-0.2, 0) is 0 Å². The van der Waals surface area contributed by atoms with E-state index in [1.807, 2.05) is 60.7 Å². The van der Waals surface area contributed by atoms with Gasteiger partial charge in [0, 0.05) is 0 Å². The van der Waals surface area contributed by atoms with Crippen molar-refractivity contribution in [2.24, 2.45) is 0 Å². The summed E-state index contributed by atoms with van der Waals surface area (Å²) in [6.45, 7) is 4.61. The summed E-state index contributed by atoms with van der Waals surface area (Å²) in [7, 11) is -2.07. The molecule has 0 N–H and O–H groups in total. The highest BCUT2D eigenvalue weighted by Gasteiger charge is 2.36. The Morgan fingerprint density at radius 1 is 0.314 bits per heavy atom. The summed E-state index contributed by atoms with van der Waals surface area (Å²) >= 11 is 0. The van der Waals surface area contributed by atoms with E-state index in [2.05, 4.69) is 62.4 Å². The Morgan fingerprint density at radius 2 is 0.588 bits per heavy atom. The fourth-order valence-electron chi connectivity index (χ4n) is 7.63. The molecule has 0 heterocycles. The number of para-hydroxylation sites is 2. The minimum absolute atomic E-state index is 0.887. The molecule has 51 heavy (non-hydrogen) atoms. The van der Waals surface area contributed by atoms with Crippen LogP contribution in [0.1, 0.15) is 142 Å². The average molecular weight is 705 g/mol. The first-order valence-corrected chi connectivity index (χ1v) is 23.3. The SMILES string of the molecule is CCCCCCCCCCCC[Si](CCCCCCCCCCCC)(c1ccc(Oc2ccccc2)cc1)c1ccc(Oc2ccccc2)cc1. The summed E-state index contributed by atoms with van der Waals surface area (Å²) in [4.78, 5) is 0. The lowest BCUT2D eigenvalue weighted by molar-refractivity contribution is 0.482. The smallest absolute Gasteiger partial charge is 0.127 e. The van der Waals surface area contributed by atoms with Crippen LogP contribution >= 0.6 is 0 Å². The van der Waals surface area contributed by atoms with E-state index in [1.165, 1.54) is 141 Å². The van der Waals surface area contributed by atoms with Gasteiger partial charge in [0.05, 0.1) is 0 Å². The molecule has 4 aromatic rings. The Hall–Kier alpha value is -3.30. The van der Waals surface area contributed by atoms with E-state index in [0.717, 1.165) is 23.0 Å². The lowest BCUT2D eigenvalue weighted by atomic mass is 10.1. The first kappa shape index (κ1) is 40.5. The van der Waals surface area contributed by atoms with Crippen molar-refractivity contribution in [3.05, 3.63) is 109 Å². The van der Waals surface area contributed by atoms with Crippen LogP contribution in [0, 0.1) is 0 Å². The van der Waals surface area contributed by atoms with Crippen molar-refractivity contribution in [3.63, 3.8) is 0 Å². The summed E-state index contributed by atoms with van der Waals surface area (Å²) < 4.78 is 12.5. The van der Waals surface area contributed by atoms with Crippen LogP contribution in [0.4, 0.5) is 0 Å². The van der Waals surface area contributed by atoms with Crippen LogP contribution in [-0.4, -0.2) is 8.07 Å². The molecule has 4 aromatic carbocycles. The van der Waals surface area contributed by atoms with Gasteiger partial charge in [0.2, 0.25) is 0 Å². The molecule has 3 heteroatoms. The summed E-state index contributed by atoms with van der Waals surface area (Å²) in [6.07, 6.45) is 27.5. The van der Waals surface area contributed by atoms with Crippen molar-refractivity contribution in [1.29, 1.82) is 0 Å². The molecule has 0 aliphatic rings. The van der Waals surface area contributed by atoms with Gasteiger partial charge in [0.15, 0.2) is 0 Å². The molecule has 0 bridgehead atoms. The van der Waals surface area contributed by atoms with Gasteiger partial charge in [-0.05, 0) is 60.6 Å². The highest BCUT2D eigenvalue weighted by Crippen LogP contribution is 2.28. The lowest BCUT2D eigenvalue weighted by Gasteiger charge is -2.34. The van der Waals surface area contributed by atoms with Crippen LogP contribution in [0.5, 0.6) is 23.0 Å². The molecule has 0 aliphatic heterocycles. The van der Waals surface area contributed by atoms with E-state index in [0.29, 0.717) is 0 Å². The molecule has 0 unspecified atom stereocenters. The summed E-state index contributed by atoms with van der Waals surface area (Å²) in [5.74, 6) is 3.60. The van der Waals surface area contributed by atoms with E-state index in [4.69, 9.17) is 9.47 Å². The number of ether oxygens (including phenoxy) is 2. The third-order valence-electron chi connectivity index (χ3n) is 10.7. The minimum atomic E-state index is -2.07. The second-order valence-corrected chi connectivity index (χ2v) is 19.1. The van der Waals surface area contributed by atoms with Crippen molar-refractivity contribution in [3.8, 4) is 23.0 Å². The highest BCUT2D eigenvalue weighted by molar-refractivity contribution is 7.02. The number of hydrogen-bond donors (Lipinski definition) is 0. The topological polar surface area (TPSA) is 18.5 Å². The number of unbranched alkanes of at least 4 members (excludes halogenated alkanes) is 18. The third-order valence-corrected chi connectivity index (χ3v) is 16.0. The fraction of sp³-hybridized carbons (Fsp3) is 0.500. The van der Waals surface area contributed by atoms with Crippen molar-refractivity contribution in [2.45, 2.75) is 154 Å². The second kappa shape index (κ2) is 24.8. The molecule has 0 atom stereocenters. The maximum Gasteiger partial charge on any atom is 0.127 e. The molecule has 2 nitrogen and oxygen atoms in total. The first-order chi connectivity index (χ1) is 25.2. The molecule has 0 radical (unpaired) electrons. The van der Waals surface area contributed by atoms with E-state index in [-0.39, 0.29) is 0 Å². The van der Waals surface area contributed by atoms with Crippen LogP contribution < -0.4 is 19.8 Å². The summed E-state index contributed by atoms with van der Waals surface area (Å²) in [6, 6.07) is 41.4. The average Bonchev–Trinajstić information content (AvgIpc) is 3.17. The van der Waals surface area contributed by atoms with E-state index >= 15 is 0 Å². The van der Waals surface area contributed by atoms with Gasteiger partial charge in [0.1, 0.15) is 31.1 Å². The number of benzene rings is 4. The number of hydrogen-bond acceptors (Lipinski definition) is 2. The molecular weight excluding hydrogens is 637 g/mol. The zero-order chi connectivity index (χ0) is 35.7. The van der Waals surface area contributed by atoms with Crippen LogP contribution in [0.15, 0.2) is 109 Å². The van der Waals surface area contributed by atoms with Crippen LogP contribution in [0.2, 0.25) is 12.1 Å². The molecule has 0 spiro atoms. The van der Waals surface area contributed by atoms with Gasteiger partial charge < -0.3 is 9.47 Å². The molecule has 0 aliphatic carbocycles. The first-order valence-electron chi connectivity index (χ1n) is 20.9. The molecule has 276 valence electrons. The molecule has 0 amide bonds. The lowest BCUT2D eigenvalue weighted by Crippen LogP contribution is -2.58. The van der Waals surface area contributed by atoms with Gasteiger partial charge in [-0.15, -0.1) is 0 Å². The van der Waals surface area contributed by atoms with Crippen molar-refractivity contribution in [2.75, 3.05) is 0 Å². The highest BCUT2D eigenvalue weighted by atomic mass is 28.3. The Balaban J connectivity index is 1.49. The monoisotopic (exact) mass is 704 g/mol. The van der Waals surface area contributed by atoms with E-state index in [1.54, 1.807) is 10.4 Å². The Labute approximate surface area is 313 Å². The molecular formula is C48H68O2Si. The van der Waals surface area contributed by atoms with Gasteiger partial charge in [-0.1, -0.05) is 213 Å². The molecule has 0 saturated heterocycles. The summed E-state index contributed by atoms with van der Waals surface area (Å²) in [5.41, 5.74) is 0. The van der Waals surface area contributed by atoms with Gasteiger partial charge >= 0.3 is 0 Å². The van der Waals surface area contributed by atoms with Gasteiger partial charge in [-0.25, -0.2) is 0 Å². The maximum atomic E-state index is 6.26. The second-order valence-electron chi connectivity index (χ2n) is 14.8. The fourth-order valence-corrected chi connectivity index (χ4v) is 12.7. The Morgan fingerprint density at radius 3 is 0.902 bits per heavy atom. The minimum Gasteiger partial charge on any atom is -0.457 e. The van der Waals surface area contributed by atoms with E-state index in [9.17, 15) is 0 Å². The van der Waals surface area contributed by atoms with Crippen LogP contribution in [0.25, 0.3) is 0 Å². The van der Waals surface area contributed by atoms with E-state index < -0.39 is 8.07 Å². The van der Waals surface area contributed by atoms with Gasteiger partial charge in [0.25, 0.3) is 0 Å². The largest absolute Gasteiger partial charge is 0.457 e. The molecule has 0 saturated carbocycles. The van der Waals surface area contributed by atoms with Crippen molar-refractivity contribution >= 4 is 18.4 Å². The van der Waals surface area contributed by atoms with Gasteiger partial charge in [-0.2, -0.15) is 0 Å².